The van der Waals surface area contributed by atoms with Gasteiger partial charge in [0.2, 0.25) is 0 Å². The molecule has 0 amide bonds. The van der Waals surface area contributed by atoms with Gasteiger partial charge < -0.3 is 5.11 Å². The van der Waals surface area contributed by atoms with Crippen LogP contribution in [0.2, 0.25) is 5.02 Å². The Kier molecular flexibility index (Phi) is 2.07. The molecule has 0 saturated heterocycles. The maximum atomic E-state index is 8.89. The SMILES string of the molecule is OC[C@@H]1C[C@@H]1c1ccccc1Cl. The summed E-state index contributed by atoms with van der Waals surface area (Å²) in [5, 5.41) is 9.72. The molecule has 64 valence electrons. The molecule has 2 atom stereocenters. The van der Waals surface area contributed by atoms with E-state index in [1.807, 2.05) is 24.3 Å². The molecule has 1 aromatic carbocycles. The van der Waals surface area contributed by atoms with Gasteiger partial charge >= 0.3 is 0 Å². The number of benzene rings is 1. The van der Waals surface area contributed by atoms with Gasteiger partial charge in [0, 0.05) is 11.6 Å². The highest BCUT2D eigenvalue weighted by atomic mass is 35.5. The van der Waals surface area contributed by atoms with Crippen molar-refractivity contribution in [3.8, 4) is 0 Å². The van der Waals surface area contributed by atoms with Crippen LogP contribution in [0.5, 0.6) is 0 Å². The van der Waals surface area contributed by atoms with Gasteiger partial charge in [0.1, 0.15) is 0 Å². The van der Waals surface area contributed by atoms with Crippen molar-refractivity contribution in [3.63, 3.8) is 0 Å². The second-order valence-corrected chi connectivity index (χ2v) is 3.71. The van der Waals surface area contributed by atoms with Gasteiger partial charge in [-0.05, 0) is 29.9 Å². The molecule has 1 aliphatic rings. The molecule has 12 heavy (non-hydrogen) atoms. The van der Waals surface area contributed by atoms with Gasteiger partial charge in [-0.2, -0.15) is 0 Å². The molecule has 0 unspecified atom stereocenters. The number of hydrogen-bond acceptors (Lipinski definition) is 1. The average molecular weight is 183 g/mol. The molecule has 0 bridgehead atoms. The molecule has 0 aliphatic heterocycles. The topological polar surface area (TPSA) is 20.2 Å². The fourth-order valence-corrected chi connectivity index (χ4v) is 1.88. The monoisotopic (exact) mass is 182 g/mol. The van der Waals surface area contributed by atoms with E-state index in [2.05, 4.69) is 0 Å². The summed E-state index contributed by atoms with van der Waals surface area (Å²) < 4.78 is 0. The Morgan fingerprint density at radius 2 is 2.17 bits per heavy atom. The zero-order valence-electron chi connectivity index (χ0n) is 6.70. The first-order valence-corrected chi connectivity index (χ1v) is 4.56. The van der Waals surface area contributed by atoms with Gasteiger partial charge in [-0.15, -0.1) is 0 Å². The van der Waals surface area contributed by atoms with Crippen LogP contribution in [-0.4, -0.2) is 11.7 Å². The molecule has 2 heteroatoms. The molecule has 1 N–H and O–H groups in total. The van der Waals surface area contributed by atoms with E-state index in [-0.39, 0.29) is 6.61 Å². The van der Waals surface area contributed by atoms with Crippen LogP contribution in [0.1, 0.15) is 17.9 Å². The molecule has 0 radical (unpaired) electrons. The van der Waals surface area contributed by atoms with Crippen LogP contribution < -0.4 is 0 Å². The van der Waals surface area contributed by atoms with E-state index in [0.29, 0.717) is 11.8 Å². The first-order valence-electron chi connectivity index (χ1n) is 4.18. The lowest BCUT2D eigenvalue weighted by Gasteiger charge is -2.00. The molecular weight excluding hydrogens is 172 g/mol. The van der Waals surface area contributed by atoms with Gasteiger partial charge in [-0.1, -0.05) is 29.8 Å². The van der Waals surface area contributed by atoms with Crippen LogP contribution in [0, 0.1) is 5.92 Å². The molecule has 0 spiro atoms. The van der Waals surface area contributed by atoms with Crippen LogP contribution in [0.4, 0.5) is 0 Å². The van der Waals surface area contributed by atoms with E-state index in [1.165, 1.54) is 5.56 Å². The summed E-state index contributed by atoms with van der Waals surface area (Å²) in [5.41, 5.74) is 1.19. The lowest BCUT2D eigenvalue weighted by molar-refractivity contribution is 0.274. The molecule has 1 fully saturated rings. The molecule has 2 rings (SSSR count). The van der Waals surface area contributed by atoms with Gasteiger partial charge in [0.15, 0.2) is 0 Å². The number of aliphatic hydroxyl groups is 1. The Balaban J connectivity index is 2.19. The fraction of sp³-hybridized carbons (Fsp3) is 0.400. The number of hydrogen-bond donors (Lipinski definition) is 1. The van der Waals surface area contributed by atoms with Gasteiger partial charge in [0.25, 0.3) is 0 Å². The number of rotatable bonds is 2. The Hall–Kier alpha value is -0.530. The summed E-state index contributed by atoms with van der Waals surface area (Å²) in [6.45, 7) is 0.288. The smallest absolute Gasteiger partial charge is 0.0465 e. The minimum Gasteiger partial charge on any atom is -0.396 e. The Morgan fingerprint density at radius 3 is 2.75 bits per heavy atom. The van der Waals surface area contributed by atoms with Crippen molar-refractivity contribution in [1.82, 2.24) is 0 Å². The Bertz CT molecular complexity index is 285. The van der Waals surface area contributed by atoms with E-state index in [0.717, 1.165) is 11.4 Å². The van der Waals surface area contributed by atoms with E-state index in [1.54, 1.807) is 0 Å². The predicted molar refractivity (Wildman–Crippen MR) is 49.4 cm³/mol. The maximum Gasteiger partial charge on any atom is 0.0465 e. The highest BCUT2D eigenvalue weighted by Gasteiger charge is 2.38. The number of halogens is 1. The summed E-state index contributed by atoms with van der Waals surface area (Å²) in [6, 6.07) is 7.88. The van der Waals surface area contributed by atoms with Crippen molar-refractivity contribution < 1.29 is 5.11 Å². The van der Waals surface area contributed by atoms with E-state index in [4.69, 9.17) is 16.7 Å². The maximum absolute atomic E-state index is 8.89. The van der Waals surface area contributed by atoms with Crippen LogP contribution in [0.25, 0.3) is 0 Å². The van der Waals surface area contributed by atoms with Crippen molar-refractivity contribution in [2.24, 2.45) is 5.92 Å². The lowest BCUT2D eigenvalue weighted by atomic mass is 10.1. The first kappa shape index (κ1) is 8.09. The molecule has 1 saturated carbocycles. The zero-order chi connectivity index (χ0) is 8.55. The third kappa shape index (κ3) is 1.35. The second-order valence-electron chi connectivity index (χ2n) is 3.31. The van der Waals surface area contributed by atoms with Crippen LogP contribution in [0.15, 0.2) is 24.3 Å². The van der Waals surface area contributed by atoms with Crippen LogP contribution in [-0.2, 0) is 0 Å². The van der Waals surface area contributed by atoms with Crippen molar-refractivity contribution in [2.45, 2.75) is 12.3 Å². The largest absolute Gasteiger partial charge is 0.396 e. The molecule has 1 aliphatic carbocycles. The fourth-order valence-electron chi connectivity index (χ4n) is 1.61. The van der Waals surface area contributed by atoms with E-state index >= 15 is 0 Å². The van der Waals surface area contributed by atoms with Crippen molar-refractivity contribution in [3.05, 3.63) is 34.9 Å². The molecular formula is C10H11ClO. The van der Waals surface area contributed by atoms with Gasteiger partial charge in [0.05, 0.1) is 0 Å². The van der Waals surface area contributed by atoms with Gasteiger partial charge in [-0.25, -0.2) is 0 Å². The van der Waals surface area contributed by atoms with Gasteiger partial charge in [-0.3, -0.25) is 0 Å². The summed E-state index contributed by atoms with van der Waals surface area (Å²) in [7, 11) is 0. The Labute approximate surface area is 77.0 Å². The molecule has 0 heterocycles. The third-order valence-corrected chi connectivity index (χ3v) is 2.81. The Morgan fingerprint density at radius 1 is 1.42 bits per heavy atom. The zero-order valence-corrected chi connectivity index (χ0v) is 7.46. The minimum absolute atomic E-state index is 0.288. The van der Waals surface area contributed by atoms with Crippen LogP contribution >= 0.6 is 11.6 Å². The second kappa shape index (κ2) is 3.08. The van der Waals surface area contributed by atoms with E-state index < -0.39 is 0 Å². The third-order valence-electron chi connectivity index (χ3n) is 2.46. The highest BCUT2D eigenvalue weighted by Crippen LogP contribution is 2.48. The minimum atomic E-state index is 0.288. The van der Waals surface area contributed by atoms with Crippen molar-refractivity contribution >= 4 is 11.6 Å². The first-order chi connectivity index (χ1) is 5.83. The summed E-state index contributed by atoms with van der Waals surface area (Å²) in [6.07, 6.45) is 1.08. The lowest BCUT2D eigenvalue weighted by Crippen LogP contribution is -1.88. The molecule has 1 nitrogen and oxygen atoms in total. The predicted octanol–water partition coefficient (Wildman–Crippen LogP) is 2.44. The summed E-state index contributed by atoms with van der Waals surface area (Å²) >= 11 is 6.00. The average Bonchev–Trinajstić information content (AvgIpc) is 2.84. The molecule has 0 aromatic heterocycles. The highest BCUT2D eigenvalue weighted by molar-refractivity contribution is 6.31. The van der Waals surface area contributed by atoms with Crippen molar-refractivity contribution in [1.29, 1.82) is 0 Å². The quantitative estimate of drug-likeness (QED) is 0.745. The number of aliphatic hydroxyl groups excluding tert-OH is 1. The standard InChI is InChI=1S/C10H11ClO/c11-10-4-2-1-3-8(10)9-5-7(9)6-12/h1-4,7,9,12H,5-6H2/t7-,9-/m0/s1. The summed E-state index contributed by atoms with van der Waals surface area (Å²) in [5.74, 6) is 0.952. The van der Waals surface area contributed by atoms with Crippen LogP contribution in [0.3, 0.4) is 0 Å². The van der Waals surface area contributed by atoms with E-state index in [9.17, 15) is 0 Å². The van der Waals surface area contributed by atoms with Crippen molar-refractivity contribution in [2.75, 3.05) is 6.61 Å². The molecule has 1 aromatic rings. The summed E-state index contributed by atoms with van der Waals surface area (Å²) in [4.78, 5) is 0. The normalized spacial score (nSPS) is 27.2.